The highest BCUT2D eigenvalue weighted by Gasteiger charge is 2.22. The average Bonchev–Trinajstić information content (AvgIpc) is 2.80. The predicted octanol–water partition coefficient (Wildman–Crippen LogP) is 0.156. The van der Waals surface area contributed by atoms with Crippen molar-refractivity contribution in [2.24, 2.45) is 11.7 Å². The van der Waals surface area contributed by atoms with Crippen LogP contribution in [0.1, 0.15) is 19.3 Å². The molecule has 0 saturated carbocycles. The fourth-order valence-corrected chi connectivity index (χ4v) is 2.38. The summed E-state index contributed by atoms with van der Waals surface area (Å²) in [6, 6.07) is 0.249. The van der Waals surface area contributed by atoms with Crippen LogP contribution in [-0.4, -0.2) is 49.8 Å². The normalized spacial score (nSPS) is 27.2. The Morgan fingerprint density at radius 3 is 2.69 bits per heavy atom. The Balaban J connectivity index is 1.63. The highest BCUT2D eigenvalue weighted by Crippen LogP contribution is 2.14. The highest BCUT2D eigenvalue weighted by molar-refractivity contribution is 5.72. The molecule has 2 amide bonds. The molecular weight excluding hydrogens is 206 g/mol. The molecule has 2 rings (SSSR count). The van der Waals surface area contributed by atoms with Crippen LogP contribution in [0.3, 0.4) is 0 Å². The fourth-order valence-electron chi connectivity index (χ4n) is 2.38. The lowest BCUT2D eigenvalue weighted by Crippen LogP contribution is -2.47. The maximum absolute atomic E-state index is 10.9. The second-order valence-electron chi connectivity index (χ2n) is 4.74. The van der Waals surface area contributed by atoms with Crippen molar-refractivity contribution in [2.45, 2.75) is 25.3 Å². The summed E-state index contributed by atoms with van der Waals surface area (Å²) >= 11 is 0. The molecule has 0 aromatic rings. The van der Waals surface area contributed by atoms with Gasteiger partial charge in [-0.15, -0.1) is 0 Å². The van der Waals surface area contributed by atoms with Gasteiger partial charge in [0.25, 0.3) is 0 Å². The quantitative estimate of drug-likeness (QED) is 0.721. The van der Waals surface area contributed by atoms with Gasteiger partial charge in [0, 0.05) is 32.3 Å². The number of rotatable bonds is 3. The number of nitrogens with two attached hydrogens (primary N) is 1. The van der Waals surface area contributed by atoms with Crippen LogP contribution in [0.5, 0.6) is 0 Å². The van der Waals surface area contributed by atoms with Gasteiger partial charge in [0.15, 0.2) is 0 Å². The first kappa shape index (κ1) is 11.7. The molecule has 0 spiro atoms. The Kier molecular flexibility index (Phi) is 4.01. The van der Waals surface area contributed by atoms with E-state index in [9.17, 15) is 4.79 Å². The third-order valence-corrected chi connectivity index (χ3v) is 3.53. The number of amides is 2. The third-order valence-electron chi connectivity index (χ3n) is 3.53. The number of carbonyl (C=O) groups is 1. The predicted molar refractivity (Wildman–Crippen MR) is 61.1 cm³/mol. The Labute approximate surface area is 96.3 Å². The molecule has 92 valence electrons. The number of carbonyl (C=O) groups excluding carboxylic acids is 1. The summed E-state index contributed by atoms with van der Waals surface area (Å²) in [5.41, 5.74) is 5.24. The topological polar surface area (TPSA) is 67.6 Å². The molecule has 2 heterocycles. The second-order valence-corrected chi connectivity index (χ2v) is 4.74. The summed E-state index contributed by atoms with van der Waals surface area (Å²) in [5, 5.41) is 3.56. The van der Waals surface area contributed by atoms with Gasteiger partial charge >= 0.3 is 6.03 Å². The lowest BCUT2D eigenvalue weighted by Gasteiger charge is -2.31. The van der Waals surface area contributed by atoms with Crippen molar-refractivity contribution in [2.75, 3.05) is 32.8 Å². The maximum Gasteiger partial charge on any atom is 0.314 e. The van der Waals surface area contributed by atoms with Crippen molar-refractivity contribution in [3.8, 4) is 0 Å². The largest absolute Gasteiger partial charge is 0.381 e. The number of likely N-dealkylation sites (tertiary alicyclic amines) is 1. The SMILES string of the molecule is NC(=O)N1CCC(NCC2CCOC2)CC1. The molecule has 16 heavy (non-hydrogen) atoms. The number of nitrogens with zero attached hydrogens (tertiary/aromatic N) is 1. The van der Waals surface area contributed by atoms with Gasteiger partial charge in [-0.2, -0.15) is 0 Å². The summed E-state index contributed by atoms with van der Waals surface area (Å²) in [6.45, 7) is 4.42. The van der Waals surface area contributed by atoms with E-state index in [1.807, 2.05) is 0 Å². The molecule has 0 aromatic carbocycles. The Bertz CT molecular complexity index is 233. The Morgan fingerprint density at radius 1 is 1.38 bits per heavy atom. The van der Waals surface area contributed by atoms with Gasteiger partial charge in [-0.25, -0.2) is 4.79 Å². The average molecular weight is 227 g/mol. The van der Waals surface area contributed by atoms with Gasteiger partial charge in [-0.1, -0.05) is 0 Å². The van der Waals surface area contributed by atoms with Crippen LogP contribution in [0.25, 0.3) is 0 Å². The zero-order chi connectivity index (χ0) is 11.4. The first-order valence-corrected chi connectivity index (χ1v) is 6.11. The second kappa shape index (κ2) is 5.50. The number of nitrogens with one attached hydrogen (secondary N) is 1. The monoisotopic (exact) mass is 227 g/mol. The fraction of sp³-hybridized carbons (Fsp3) is 0.909. The lowest BCUT2D eigenvalue weighted by atomic mass is 10.0. The lowest BCUT2D eigenvalue weighted by molar-refractivity contribution is 0.176. The number of hydrogen-bond acceptors (Lipinski definition) is 3. The summed E-state index contributed by atoms with van der Waals surface area (Å²) in [4.78, 5) is 12.7. The van der Waals surface area contributed by atoms with Gasteiger partial charge in [0.05, 0.1) is 6.61 Å². The van der Waals surface area contributed by atoms with Crippen LogP contribution in [0.4, 0.5) is 4.79 Å². The molecule has 5 heteroatoms. The number of primary amides is 1. The Hall–Kier alpha value is -0.810. The first-order valence-electron chi connectivity index (χ1n) is 6.11. The molecule has 2 aliphatic heterocycles. The molecule has 5 nitrogen and oxygen atoms in total. The standard InChI is InChI=1S/C11H21N3O2/c12-11(15)14-4-1-10(2-5-14)13-7-9-3-6-16-8-9/h9-10,13H,1-8H2,(H2,12,15). The maximum atomic E-state index is 10.9. The number of piperidine rings is 1. The van der Waals surface area contributed by atoms with Crippen LogP contribution < -0.4 is 11.1 Å². The van der Waals surface area contributed by atoms with E-state index in [2.05, 4.69) is 5.32 Å². The number of urea groups is 1. The third kappa shape index (κ3) is 3.09. The minimum Gasteiger partial charge on any atom is -0.381 e. The van der Waals surface area contributed by atoms with Crippen LogP contribution in [0.15, 0.2) is 0 Å². The van der Waals surface area contributed by atoms with E-state index in [0.717, 1.165) is 45.7 Å². The van der Waals surface area contributed by atoms with Crippen molar-refractivity contribution in [1.82, 2.24) is 10.2 Å². The molecule has 0 aliphatic carbocycles. The van der Waals surface area contributed by atoms with E-state index in [4.69, 9.17) is 10.5 Å². The van der Waals surface area contributed by atoms with E-state index in [1.165, 1.54) is 6.42 Å². The van der Waals surface area contributed by atoms with Crippen LogP contribution in [0, 0.1) is 5.92 Å². The van der Waals surface area contributed by atoms with Crippen LogP contribution in [0.2, 0.25) is 0 Å². The zero-order valence-electron chi connectivity index (χ0n) is 9.65. The molecule has 3 N–H and O–H groups in total. The van der Waals surface area contributed by atoms with Gasteiger partial charge in [-0.05, 0) is 25.2 Å². The van der Waals surface area contributed by atoms with Gasteiger partial charge in [0.1, 0.15) is 0 Å². The van der Waals surface area contributed by atoms with Crippen molar-refractivity contribution >= 4 is 6.03 Å². The molecule has 2 saturated heterocycles. The van der Waals surface area contributed by atoms with E-state index in [-0.39, 0.29) is 6.03 Å². The van der Waals surface area contributed by atoms with E-state index in [1.54, 1.807) is 4.90 Å². The smallest absolute Gasteiger partial charge is 0.314 e. The zero-order valence-corrected chi connectivity index (χ0v) is 9.65. The highest BCUT2D eigenvalue weighted by atomic mass is 16.5. The van der Waals surface area contributed by atoms with E-state index in [0.29, 0.717) is 12.0 Å². The van der Waals surface area contributed by atoms with Crippen molar-refractivity contribution in [3.05, 3.63) is 0 Å². The number of ether oxygens (including phenoxy) is 1. The summed E-state index contributed by atoms with van der Waals surface area (Å²) < 4.78 is 5.34. The summed E-state index contributed by atoms with van der Waals surface area (Å²) in [5.74, 6) is 0.675. The molecule has 2 aliphatic rings. The molecule has 1 unspecified atom stereocenters. The molecule has 0 aromatic heterocycles. The molecule has 0 radical (unpaired) electrons. The number of hydrogen-bond donors (Lipinski definition) is 2. The molecule has 2 fully saturated rings. The summed E-state index contributed by atoms with van der Waals surface area (Å²) in [6.07, 6.45) is 3.19. The van der Waals surface area contributed by atoms with E-state index >= 15 is 0 Å². The molecule has 1 atom stereocenters. The van der Waals surface area contributed by atoms with Gasteiger partial charge in [-0.3, -0.25) is 0 Å². The first-order chi connectivity index (χ1) is 7.75. The van der Waals surface area contributed by atoms with Crippen LogP contribution >= 0.6 is 0 Å². The summed E-state index contributed by atoms with van der Waals surface area (Å²) in [7, 11) is 0. The minimum atomic E-state index is -0.289. The van der Waals surface area contributed by atoms with Gasteiger partial charge < -0.3 is 20.7 Å². The minimum absolute atomic E-state index is 0.289. The van der Waals surface area contributed by atoms with Gasteiger partial charge in [0.2, 0.25) is 0 Å². The van der Waals surface area contributed by atoms with Crippen molar-refractivity contribution in [1.29, 1.82) is 0 Å². The van der Waals surface area contributed by atoms with Crippen LogP contribution in [-0.2, 0) is 4.74 Å². The Morgan fingerprint density at radius 2 is 2.12 bits per heavy atom. The van der Waals surface area contributed by atoms with Crippen molar-refractivity contribution < 1.29 is 9.53 Å². The van der Waals surface area contributed by atoms with Crippen molar-refractivity contribution in [3.63, 3.8) is 0 Å². The molecule has 0 bridgehead atoms. The van der Waals surface area contributed by atoms with E-state index < -0.39 is 0 Å². The molecular formula is C11H21N3O2.